The number of aromatic nitrogens is 2. The molecule has 2 heterocycles. The van der Waals surface area contributed by atoms with E-state index in [0.29, 0.717) is 19.2 Å². The third-order valence-electron chi connectivity index (χ3n) is 9.56. The lowest BCUT2D eigenvalue weighted by Gasteiger charge is -2.09. The molecular weight excluding hydrogens is 771 g/mol. The average molecular weight is 811 g/mol. The Morgan fingerprint density at radius 2 is 0.825 bits per heavy atom. The fourth-order valence-corrected chi connectivity index (χ4v) is 7.49. The maximum atomic E-state index is 9.71. The summed E-state index contributed by atoms with van der Waals surface area (Å²) in [5, 5.41) is 32.2. The topological polar surface area (TPSA) is 79.8 Å². The number of para-hydroxylation sites is 4. The van der Waals surface area contributed by atoms with Crippen molar-refractivity contribution < 1.29 is 19.9 Å². The monoisotopic (exact) mass is 809 g/mol. The van der Waals surface area contributed by atoms with Crippen molar-refractivity contribution in [3.05, 3.63) is 199 Å². The Hall–Kier alpha value is -6.74. The van der Waals surface area contributed by atoms with Crippen LogP contribution in [0.4, 0.5) is 0 Å². The minimum Gasteiger partial charge on any atom is -0.537 e. The first-order valence-corrected chi connectivity index (χ1v) is 18.8. The molecule has 279 valence electrons. The van der Waals surface area contributed by atoms with Gasteiger partial charge in [0.25, 0.3) is 0 Å². The van der Waals surface area contributed by atoms with E-state index in [2.05, 4.69) is 146 Å². The number of halogens is 1. The van der Waals surface area contributed by atoms with Crippen molar-refractivity contribution in [2.24, 2.45) is 0 Å². The van der Waals surface area contributed by atoms with Gasteiger partial charge in [-0.05, 0) is 102 Å². The first-order chi connectivity index (χ1) is 27.5. The summed E-state index contributed by atoms with van der Waals surface area (Å²) in [5.74, 6) is 1.18. The van der Waals surface area contributed by atoms with Crippen molar-refractivity contribution in [3.8, 4) is 39.8 Å². The van der Waals surface area contributed by atoms with Crippen LogP contribution in [0.15, 0.2) is 199 Å². The van der Waals surface area contributed by atoms with Crippen molar-refractivity contribution >= 4 is 67.2 Å². The molecule has 1 radical (unpaired) electrons. The molecule has 6 nitrogen and oxygen atoms in total. The van der Waals surface area contributed by atoms with E-state index in [9.17, 15) is 5.11 Å². The lowest BCUT2D eigenvalue weighted by molar-refractivity contribution is 0.453. The molecule has 0 fully saturated rings. The van der Waals surface area contributed by atoms with Gasteiger partial charge in [-0.15, -0.1) is 0 Å². The summed E-state index contributed by atoms with van der Waals surface area (Å²) in [4.78, 5) is 0. The van der Waals surface area contributed by atoms with Gasteiger partial charge in [-0.1, -0.05) is 126 Å². The Morgan fingerprint density at radius 1 is 0.421 bits per heavy atom. The Bertz CT molecular complexity index is 2800. The van der Waals surface area contributed by atoms with Crippen LogP contribution in [0.1, 0.15) is 7.43 Å². The number of phenols is 2. The second kappa shape index (κ2) is 17.4. The number of benzene rings is 8. The van der Waals surface area contributed by atoms with E-state index in [-0.39, 0.29) is 13.2 Å². The largest absolute Gasteiger partial charge is 0.569 e. The average Bonchev–Trinajstić information content (AvgIpc) is 3.75. The Kier molecular flexibility index (Phi) is 11.7. The fraction of sp³-hybridized carbons (Fsp3) is 0.0204. The van der Waals surface area contributed by atoms with Crippen LogP contribution in [-0.4, -0.2) is 32.1 Å². The summed E-state index contributed by atoms with van der Waals surface area (Å²) >= 11 is 3.20. The molecule has 0 atom stereocenters. The molecule has 0 bridgehead atoms. The number of phenolic OH excluding ortho intramolecular Hbond substituents is 2. The number of rotatable bonds is 5. The maximum Gasteiger partial charge on any atom is 0.569 e. The summed E-state index contributed by atoms with van der Waals surface area (Å²) in [7, 11) is 0.690. The number of fused-ring (bicyclic) bond motifs is 6. The Labute approximate surface area is 340 Å². The van der Waals surface area contributed by atoms with Crippen LogP contribution >= 0.6 is 15.9 Å². The molecule has 0 aliphatic carbocycles. The van der Waals surface area contributed by atoms with Gasteiger partial charge < -0.3 is 29.0 Å². The van der Waals surface area contributed by atoms with E-state index >= 15 is 0 Å². The minimum atomic E-state index is 0. The van der Waals surface area contributed by atoms with Crippen LogP contribution in [0.25, 0.3) is 66.1 Å². The van der Waals surface area contributed by atoms with Gasteiger partial charge in [-0.25, -0.2) is 0 Å². The zero-order valence-electron chi connectivity index (χ0n) is 30.1. The lowest BCUT2D eigenvalue weighted by Crippen LogP contribution is -2.00. The van der Waals surface area contributed by atoms with Crippen LogP contribution in [-0.2, 0) is 0 Å². The molecule has 0 amide bonds. The molecule has 2 aromatic heterocycles. The summed E-state index contributed by atoms with van der Waals surface area (Å²) < 4.78 is 10.4. The predicted octanol–water partition coefficient (Wildman–Crippen LogP) is 12.6. The van der Waals surface area contributed by atoms with Gasteiger partial charge in [0.2, 0.25) is 0 Å². The zero-order valence-corrected chi connectivity index (χ0v) is 31.7. The maximum absolute atomic E-state index is 9.71. The smallest absolute Gasteiger partial charge is 0.537 e. The minimum absolute atomic E-state index is 0. The van der Waals surface area contributed by atoms with Gasteiger partial charge in [0.05, 0.1) is 22.1 Å². The molecule has 0 saturated carbocycles. The highest BCUT2D eigenvalue weighted by Crippen LogP contribution is 2.34. The van der Waals surface area contributed by atoms with E-state index in [0.717, 1.165) is 27.0 Å². The molecule has 0 saturated heterocycles. The molecule has 0 aliphatic rings. The van der Waals surface area contributed by atoms with Crippen molar-refractivity contribution in [2.45, 2.75) is 7.43 Å². The fourth-order valence-electron chi connectivity index (χ4n) is 7.10. The van der Waals surface area contributed by atoms with Gasteiger partial charge in [-0.2, -0.15) is 0 Å². The normalized spacial score (nSPS) is 10.6. The highest BCUT2D eigenvalue weighted by Gasteiger charge is 2.13. The van der Waals surface area contributed by atoms with Crippen molar-refractivity contribution in [1.82, 2.24) is 9.13 Å². The first kappa shape index (κ1) is 38.5. The molecule has 3 N–H and O–H groups in total. The van der Waals surface area contributed by atoms with Crippen molar-refractivity contribution in [2.75, 3.05) is 0 Å². The lowest BCUT2D eigenvalue weighted by atomic mass is 10.1. The summed E-state index contributed by atoms with van der Waals surface area (Å²) in [5.41, 5.74) is 9.05. The van der Waals surface area contributed by atoms with Crippen molar-refractivity contribution in [1.29, 1.82) is 0 Å². The van der Waals surface area contributed by atoms with E-state index in [1.165, 1.54) is 43.6 Å². The number of aromatic hydroxyl groups is 2. The second-order valence-corrected chi connectivity index (χ2v) is 13.9. The van der Waals surface area contributed by atoms with Gasteiger partial charge in [-0.3, -0.25) is 0 Å². The SMILES string of the molecule is C.O[B]Oc1ccc(-n2c3ccccc3c3ccccc32)cc1.Oc1cccc(-c2ccc(-n3c4ccccc4c4ccccc43)cc2)c1.Oc1cccc(Br)c1. The number of hydrogen-bond acceptors (Lipinski definition) is 4. The van der Waals surface area contributed by atoms with Gasteiger partial charge in [0.15, 0.2) is 0 Å². The zero-order chi connectivity index (χ0) is 38.4. The van der Waals surface area contributed by atoms with Crippen LogP contribution in [0, 0.1) is 0 Å². The van der Waals surface area contributed by atoms with E-state index in [1.807, 2.05) is 42.5 Å². The predicted molar refractivity (Wildman–Crippen MR) is 240 cm³/mol. The summed E-state index contributed by atoms with van der Waals surface area (Å²) in [6.07, 6.45) is 0. The third kappa shape index (κ3) is 8.14. The summed E-state index contributed by atoms with van der Waals surface area (Å²) in [6, 6.07) is 64.2. The highest BCUT2D eigenvalue weighted by atomic mass is 79.9. The van der Waals surface area contributed by atoms with Crippen LogP contribution < -0.4 is 4.65 Å². The van der Waals surface area contributed by atoms with Gasteiger partial charge >= 0.3 is 7.69 Å². The van der Waals surface area contributed by atoms with Crippen LogP contribution in [0.5, 0.6) is 17.2 Å². The molecule has 10 rings (SSSR count). The molecule has 10 aromatic rings. The highest BCUT2D eigenvalue weighted by molar-refractivity contribution is 9.10. The summed E-state index contributed by atoms with van der Waals surface area (Å²) in [6.45, 7) is 0. The molecule has 0 spiro atoms. The van der Waals surface area contributed by atoms with E-state index < -0.39 is 0 Å². The third-order valence-corrected chi connectivity index (χ3v) is 10.1. The van der Waals surface area contributed by atoms with Gasteiger partial charge in [0, 0.05) is 37.4 Å². The van der Waals surface area contributed by atoms with Gasteiger partial charge in [0.1, 0.15) is 17.2 Å². The molecule has 8 heteroatoms. The van der Waals surface area contributed by atoms with Crippen molar-refractivity contribution in [3.63, 3.8) is 0 Å². The van der Waals surface area contributed by atoms with E-state index in [4.69, 9.17) is 14.8 Å². The first-order valence-electron chi connectivity index (χ1n) is 18.0. The quantitative estimate of drug-likeness (QED) is 0.151. The van der Waals surface area contributed by atoms with Crippen LogP contribution in [0.3, 0.4) is 0 Å². The number of hydrogen-bond donors (Lipinski definition) is 3. The molecule has 8 aromatic carbocycles. The molecular formula is C49H39BBrN2O4. The van der Waals surface area contributed by atoms with Crippen LogP contribution in [0.2, 0.25) is 0 Å². The standard InChI is InChI=1S/C24H17NO.C18H13BNO2.C6H5BrO.CH4/c26-20-7-5-6-18(16-20)17-12-14-19(15-13-17)25-23-10-3-1-8-21(23)22-9-2-4-11-24(22)25;21-19-22-14-11-9-13(10-12-14)20-17-7-3-1-5-15(17)16-6-2-4-8-18(16)20;7-5-2-1-3-6(8)4-5;/h1-16,26H;1-12,21H;1-4,8H;1H4. The molecule has 0 unspecified atom stereocenters. The molecule has 0 aliphatic heterocycles. The number of nitrogens with zero attached hydrogens (tertiary/aromatic N) is 2. The Balaban J connectivity index is 0.000000145. The van der Waals surface area contributed by atoms with E-state index in [1.54, 1.807) is 30.3 Å². The molecule has 57 heavy (non-hydrogen) atoms. The second-order valence-electron chi connectivity index (χ2n) is 13.0. The Morgan fingerprint density at radius 3 is 1.21 bits per heavy atom.